The van der Waals surface area contributed by atoms with Gasteiger partial charge >= 0.3 is 0 Å². The van der Waals surface area contributed by atoms with Crippen LogP contribution >= 0.6 is 0 Å². The van der Waals surface area contributed by atoms with Crippen LogP contribution in [0.25, 0.3) is 0 Å². The number of hydrogen-bond donors (Lipinski definition) is 1. The molecule has 1 heterocycles. The van der Waals surface area contributed by atoms with Crippen molar-refractivity contribution in [2.75, 3.05) is 0 Å². The molecule has 0 unspecified atom stereocenters. The van der Waals surface area contributed by atoms with Crippen LogP contribution in [0.4, 0.5) is 0 Å². The molecule has 0 amide bonds. The zero-order valence-electron chi connectivity index (χ0n) is 9.11. The Morgan fingerprint density at radius 1 is 1.21 bits per heavy atom. The van der Waals surface area contributed by atoms with E-state index >= 15 is 0 Å². The number of pyridine rings is 1. The van der Waals surface area contributed by atoms with Gasteiger partial charge < -0.3 is 5.21 Å². The Labute approximate surface area is 85.4 Å². The minimum Gasteiger partial charge on any atom is -0.425 e. The summed E-state index contributed by atoms with van der Waals surface area (Å²) in [4.78, 5) is 11.6. The standard InChI is InChI=1S/C11H17NO2.H2/c1-7(2)9-5-6-10(8(3)4)12(14)11(9)13;/h5-8,14H,1-4H3;1H. The van der Waals surface area contributed by atoms with Crippen LogP contribution in [0, 0.1) is 0 Å². The van der Waals surface area contributed by atoms with Gasteiger partial charge in [-0.3, -0.25) is 4.79 Å². The van der Waals surface area contributed by atoms with Crippen molar-refractivity contribution in [1.29, 1.82) is 0 Å². The molecule has 0 fully saturated rings. The van der Waals surface area contributed by atoms with Crippen LogP contribution in [0.5, 0.6) is 0 Å². The summed E-state index contributed by atoms with van der Waals surface area (Å²) in [5, 5.41) is 9.60. The van der Waals surface area contributed by atoms with E-state index in [-0.39, 0.29) is 18.8 Å². The zero-order chi connectivity index (χ0) is 10.9. The molecular formula is C11H19NO2. The molecule has 0 aliphatic carbocycles. The van der Waals surface area contributed by atoms with E-state index in [4.69, 9.17) is 0 Å². The van der Waals surface area contributed by atoms with Gasteiger partial charge in [0.2, 0.25) is 0 Å². The monoisotopic (exact) mass is 197 g/mol. The topological polar surface area (TPSA) is 42.2 Å². The third-order valence-electron chi connectivity index (χ3n) is 2.33. The van der Waals surface area contributed by atoms with Gasteiger partial charge in [-0.25, -0.2) is 0 Å². The summed E-state index contributed by atoms with van der Waals surface area (Å²) in [6.07, 6.45) is 0. The van der Waals surface area contributed by atoms with Crippen LogP contribution < -0.4 is 5.56 Å². The highest BCUT2D eigenvalue weighted by atomic mass is 16.5. The molecule has 3 nitrogen and oxygen atoms in total. The lowest BCUT2D eigenvalue weighted by Crippen LogP contribution is -2.25. The van der Waals surface area contributed by atoms with Crippen LogP contribution in [0.2, 0.25) is 0 Å². The van der Waals surface area contributed by atoms with Gasteiger partial charge in [0.15, 0.2) is 0 Å². The molecule has 0 radical (unpaired) electrons. The lowest BCUT2D eigenvalue weighted by Gasteiger charge is -2.12. The second kappa shape index (κ2) is 3.86. The minimum absolute atomic E-state index is 0. The fourth-order valence-electron chi connectivity index (χ4n) is 1.43. The maximum atomic E-state index is 11.6. The van der Waals surface area contributed by atoms with Crippen LogP contribution in [0.15, 0.2) is 16.9 Å². The zero-order valence-corrected chi connectivity index (χ0v) is 9.11. The second-order valence-electron chi connectivity index (χ2n) is 4.14. The summed E-state index contributed by atoms with van der Waals surface area (Å²) < 4.78 is 0.764. The van der Waals surface area contributed by atoms with E-state index in [0.29, 0.717) is 11.3 Å². The van der Waals surface area contributed by atoms with Gasteiger partial charge in [-0.2, -0.15) is 4.73 Å². The van der Waals surface area contributed by atoms with Crippen molar-refractivity contribution in [3.05, 3.63) is 33.7 Å². The highest BCUT2D eigenvalue weighted by Gasteiger charge is 2.12. The van der Waals surface area contributed by atoms with Gasteiger partial charge in [-0.1, -0.05) is 33.8 Å². The number of nitrogens with zero attached hydrogens (tertiary/aromatic N) is 1. The van der Waals surface area contributed by atoms with Gasteiger partial charge in [0.1, 0.15) is 0 Å². The van der Waals surface area contributed by atoms with Gasteiger partial charge in [-0.05, 0) is 17.9 Å². The Morgan fingerprint density at radius 3 is 2.21 bits per heavy atom. The average molecular weight is 197 g/mol. The SMILES string of the molecule is CC(C)c1ccc(C(C)C)n(O)c1=O.[HH]. The smallest absolute Gasteiger partial charge is 0.286 e. The highest BCUT2D eigenvalue weighted by Crippen LogP contribution is 2.15. The Bertz CT molecular complexity index is 383. The van der Waals surface area contributed by atoms with Crippen molar-refractivity contribution in [2.45, 2.75) is 39.5 Å². The molecule has 14 heavy (non-hydrogen) atoms. The molecule has 0 saturated carbocycles. The van der Waals surface area contributed by atoms with E-state index in [0.717, 1.165) is 4.73 Å². The first-order valence-corrected chi connectivity index (χ1v) is 4.90. The molecule has 80 valence electrons. The maximum absolute atomic E-state index is 11.6. The van der Waals surface area contributed by atoms with Crippen LogP contribution in [-0.2, 0) is 0 Å². The molecule has 3 heteroatoms. The quantitative estimate of drug-likeness (QED) is 0.740. The first kappa shape index (κ1) is 10.8. The lowest BCUT2D eigenvalue weighted by atomic mass is 10.0. The van der Waals surface area contributed by atoms with E-state index in [9.17, 15) is 10.0 Å². The molecule has 1 N–H and O–H groups in total. The highest BCUT2D eigenvalue weighted by molar-refractivity contribution is 5.19. The van der Waals surface area contributed by atoms with E-state index in [1.807, 2.05) is 27.7 Å². The largest absolute Gasteiger partial charge is 0.425 e. The maximum Gasteiger partial charge on any atom is 0.286 e. The minimum atomic E-state index is -0.300. The fraction of sp³-hybridized carbons (Fsp3) is 0.545. The van der Waals surface area contributed by atoms with Gasteiger partial charge in [0.05, 0.1) is 5.69 Å². The third-order valence-corrected chi connectivity index (χ3v) is 2.33. The second-order valence-corrected chi connectivity index (χ2v) is 4.14. The summed E-state index contributed by atoms with van der Waals surface area (Å²) in [6.45, 7) is 7.75. The molecule has 0 aliphatic rings. The average Bonchev–Trinajstić information content (AvgIpc) is 2.08. The first-order valence-electron chi connectivity index (χ1n) is 4.90. The van der Waals surface area contributed by atoms with Gasteiger partial charge in [0, 0.05) is 6.99 Å². The summed E-state index contributed by atoms with van der Waals surface area (Å²) in [5.74, 6) is 0.288. The van der Waals surface area contributed by atoms with Crippen LogP contribution in [0.3, 0.4) is 0 Å². The van der Waals surface area contributed by atoms with Crippen LogP contribution in [-0.4, -0.2) is 9.94 Å². The normalized spacial score (nSPS) is 11.3. The molecule has 1 rings (SSSR count). The summed E-state index contributed by atoms with van der Waals surface area (Å²) in [6, 6.07) is 3.61. The molecule has 0 aliphatic heterocycles. The van der Waals surface area contributed by atoms with E-state index in [1.54, 1.807) is 12.1 Å². The molecule has 0 atom stereocenters. The Hall–Kier alpha value is -1.25. The number of aromatic nitrogens is 1. The van der Waals surface area contributed by atoms with Crippen molar-refractivity contribution in [2.24, 2.45) is 0 Å². The predicted molar refractivity (Wildman–Crippen MR) is 58.2 cm³/mol. The Morgan fingerprint density at radius 2 is 1.79 bits per heavy atom. The predicted octanol–water partition coefficient (Wildman–Crippen LogP) is 2.58. The molecule has 0 saturated heterocycles. The van der Waals surface area contributed by atoms with Crippen molar-refractivity contribution >= 4 is 0 Å². The first-order chi connectivity index (χ1) is 6.45. The molecule has 0 bridgehead atoms. The van der Waals surface area contributed by atoms with Crippen molar-refractivity contribution < 1.29 is 6.63 Å². The van der Waals surface area contributed by atoms with E-state index in [1.165, 1.54) is 0 Å². The molecule has 1 aromatic rings. The molecular weight excluding hydrogens is 178 g/mol. The van der Waals surface area contributed by atoms with Gasteiger partial charge in [-0.15, -0.1) is 0 Å². The van der Waals surface area contributed by atoms with E-state index < -0.39 is 0 Å². The fourth-order valence-corrected chi connectivity index (χ4v) is 1.43. The lowest BCUT2D eigenvalue weighted by molar-refractivity contribution is 0.161. The Kier molecular flexibility index (Phi) is 2.99. The summed E-state index contributed by atoms with van der Waals surface area (Å²) >= 11 is 0. The van der Waals surface area contributed by atoms with Crippen molar-refractivity contribution in [3.8, 4) is 0 Å². The summed E-state index contributed by atoms with van der Waals surface area (Å²) in [7, 11) is 0. The number of hydrogen-bond acceptors (Lipinski definition) is 2. The molecule has 0 spiro atoms. The van der Waals surface area contributed by atoms with Crippen molar-refractivity contribution in [1.82, 2.24) is 4.73 Å². The number of rotatable bonds is 2. The molecule has 0 aromatic carbocycles. The Balaban J connectivity index is 0.00000196. The van der Waals surface area contributed by atoms with Gasteiger partial charge in [0.25, 0.3) is 5.56 Å². The summed E-state index contributed by atoms with van der Waals surface area (Å²) in [5.41, 5.74) is 1.00. The van der Waals surface area contributed by atoms with E-state index in [2.05, 4.69) is 0 Å². The van der Waals surface area contributed by atoms with Crippen molar-refractivity contribution in [3.63, 3.8) is 0 Å². The third kappa shape index (κ3) is 1.81. The van der Waals surface area contributed by atoms with Crippen LogP contribution in [0.1, 0.15) is 52.2 Å². The molecule has 1 aromatic heterocycles.